The van der Waals surface area contributed by atoms with Gasteiger partial charge in [-0.25, -0.2) is 4.79 Å². The zero-order chi connectivity index (χ0) is 22.5. The van der Waals surface area contributed by atoms with E-state index in [1.807, 2.05) is 68.1 Å². The van der Waals surface area contributed by atoms with Crippen molar-refractivity contribution in [3.05, 3.63) is 58.6 Å². The molecule has 166 valence electrons. The minimum absolute atomic E-state index is 0.0443. The van der Waals surface area contributed by atoms with E-state index in [1.165, 1.54) is 0 Å². The molecule has 0 heterocycles. The summed E-state index contributed by atoms with van der Waals surface area (Å²) in [6.07, 6.45) is 2.29. The number of carbonyl (C=O) groups is 2. The summed E-state index contributed by atoms with van der Waals surface area (Å²) in [6.45, 7) is 4.96. The number of nitrogens with zero attached hydrogens (tertiary/aromatic N) is 2. The van der Waals surface area contributed by atoms with Gasteiger partial charge in [0.1, 0.15) is 0 Å². The SMILES string of the molecule is CC(C)NC(=O)Nc1ccc(N(C)C)c(CN(CC2CC2)C(=O)c2ccccc2Cl)c1. The van der Waals surface area contributed by atoms with Gasteiger partial charge in [-0.1, -0.05) is 23.7 Å². The Morgan fingerprint density at radius 2 is 1.84 bits per heavy atom. The molecule has 3 amide bonds. The van der Waals surface area contributed by atoms with Crippen molar-refractivity contribution in [3.63, 3.8) is 0 Å². The quantitative estimate of drug-likeness (QED) is 0.605. The van der Waals surface area contributed by atoms with Gasteiger partial charge in [0, 0.05) is 44.6 Å². The third-order valence-corrected chi connectivity index (χ3v) is 5.50. The summed E-state index contributed by atoms with van der Waals surface area (Å²) in [4.78, 5) is 29.4. The van der Waals surface area contributed by atoms with Crippen LogP contribution >= 0.6 is 11.6 Å². The van der Waals surface area contributed by atoms with E-state index in [2.05, 4.69) is 10.6 Å². The molecule has 0 bridgehead atoms. The van der Waals surface area contributed by atoms with Crippen LogP contribution in [0.1, 0.15) is 42.6 Å². The maximum atomic E-state index is 13.3. The van der Waals surface area contributed by atoms with E-state index in [9.17, 15) is 9.59 Å². The van der Waals surface area contributed by atoms with Crippen LogP contribution in [-0.4, -0.2) is 43.5 Å². The van der Waals surface area contributed by atoms with Gasteiger partial charge in [-0.05, 0) is 68.5 Å². The van der Waals surface area contributed by atoms with Crippen LogP contribution in [0.4, 0.5) is 16.2 Å². The van der Waals surface area contributed by atoms with Gasteiger partial charge in [-0.3, -0.25) is 4.79 Å². The zero-order valence-electron chi connectivity index (χ0n) is 18.6. The van der Waals surface area contributed by atoms with Crippen LogP contribution in [-0.2, 0) is 6.54 Å². The predicted molar refractivity (Wildman–Crippen MR) is 127 cm³/mol. The molecule has 0 saturated heterocycles. The van der Waals surface area contributed by atoms with E-state index in [0.717, 1.165) is 24.1 Å². The minimum atomic E-state index is -0.250. The van der Waals surface area contributed by atoms with Crippen LogP contribution in [0.2, 0.25) is 5.02 Å². The Bertz CT molecular complexity index is 941. The molecule has 0 unspecified atom stereocenters. The first-order chi connectivity index (χ1) is 14.7. The molecule has 1 saturated carbocycles. The number of benzene rings is 2. The van der Waals surface area contributed by atoms with Gasteiger partial charge in [0.2, 0.25) is 0 Å². The number of carbonyl (C=O) groups excluding carboxylic acids is 2. The lowest BCUT2D eigenvalue weighted by Crippen LogP contribution is -2.34. The molecular formula is C24H31ClN4O2. The fourth-order valence-electron chi connectivity index (χ4n) is 3.50. The van der Waals surface area contributed by atoms with E-state index >= 15 is 0 Å². The maximum Gasteiger partial charge on any atom is 0.319 e. The summed E-state index contributed by atoms with van der Waals surface area (Å²) < 4.78 is 0. The Labute approximate surface area is 189 Å². The predicted octanol–water partition coefficient (Wildman–Crippen LogP) is 4.99. The van der Waals surface area contributed by atoms with Crippen LogP contribution in [0, 0.1) is 5.92 Å². The van der Waals surface area contributed by atoms with Gasteiger partial charge < -0.3 is 20.4 Å². The number of halogens is 1. The number of nitrogens with one attached hydrogen (secondary N) is 2. The van der Waals surface area contributed by atoms with Crippen molar-refractivity contribution in [1.29, 1.82) is 0 Å². The highest BCUT2D eigenvalue weighted by molar-refractivity contribution is 6.33. The topological polar surface area (TPSA) is 64.7 Å². The Balaban J connectivity index is 1.88. The van der Waals surface area contributed by atoms with Crippen LogP contribution in [0.3, 0.4) is 0 Å². The first-order valence-electron chi connectivity index (χ1n) is 10.7. The Kier molecular flexibility index (Phi) is 7.44. The van der Waals surface area contributed by atoms with Crippen LogP contribution < -0.4 is 15.5 Å². The second kappa shape index (κ2) is 10.1. The van der Waals surface area contributed by atoms with Gasteiger partial charge in [-0.15, -0.1) is 0 Å². The smallest absolute Gasteiger partial charge is 0.319 e. The second-order valence-electron chi connectivity index (χ2n) is 8.60. The number of rotatable bonds is 8. The van der Waals surface area contributed by atoms with Gasteiger partial charge in [-0.2, -0.15) is 0 Å². The average Bonchev–Trinajstić information content (AvgIpc) is 3.50. The molecule has 3 rings (SSSR count). The minimum Gasteiger partial charge on any atom is -0.377 e. The lowest BCUT2D eigenvalue weighted by atomic mass is 10.1. The van der Waals surface area contributed by atoms with Crippen molar-refractivity contribution in [2.45, 2.75) is 39.3 Å². The van der Waals surface area contributed by atoms with E-state index in [4.69, 9.17) is 11.6 Å². The molecule has 0 radical (unpaired) electrons. The van der Waals surface area contributed by atoms with Crippen molar-refractivity contribution in [3.8, 4) is 0 Å². The van der Waals surface area contributed by atoms with Gasteiger partial charge in [0.15, 0.2) is 0 Å². The van der Waals surface area contributed by atoms with Crippen LogP contribution in [0.25, 0.3) is 0 Å². The third-order valence-electron chi connectivity index (χ3n) is 5.17. The van der Waals surface area contributed by atoms with Crippen molar-refractivity contribution < 1.29 is 9.59 Å². The Morgan fingerprint density at radius 3 is 2.45 bits per heavy atom. The molecule has 0 aliphatic heterocycles. The summed E-state index contributed by atoms with van der Waals surface area (Å²) in [5.41, 5.74) is 3.17. The van der Waals surface area contributed by atoms with Crippen molar-refractivity contribution in [2.75, 3.05) is 30.9 Å². The Hall–Kier alpha value is -2.73. The summed E-state index contributed by atoms with van der Waals surface area (Å²) >= 11 is 6.31. The molecule has 1 aliphatic carbocycles. The number of urea groups is 1. The van der Waals surface area contributed by atoms with Gasteiger partial charge >= 0.3 is 6.03 Å². The monoisotopic (exact) mass is 442 g/mol. The molecule has 31 heavy (non-hydrogen) atoms. The first kappa shape index (κ1) is 22.9. The molecule has 2 aromatic carbocycles. The molecule has 1 fully saturated rings. The molecule has 7 heteroatoms. The van der Waals surface area contributed by atoms with Crippen LogP contribution in [0.15, 0.2) is 42.5 Å². The largest absolute Gasteiger partial charge is 0.377 e. The fraction of sp³-hybridized carbons (Fsp3) is 0.417. The highest BCUT2D eigenvalue weighted by Crippen LogP contribution is 2.32. The molecule has 1 aliphatic rings. The number of amides is 3. The van der Waals surface area contributed by atoms with E-state index < -0.39 is 0 Å². The first-order valence-corrected chi connectivity index (χ1v) is 11.0. The lowest BCUT2D eigenvalue weighted by Gasteiger charge is -2.27. The second-order valence-corrected chi connectivity index (χ2v) is 9.01. The van der Waals surface area contributed by atoms with E-state index in [1.54, 1.807) is 12.1 Å². The molecule has 2 aromatic rings. The highest BCUT2D eigenvalue weighted by atomic mass is 35.5. The average molecular weight is 443 g/mol. The van der Waals surface area contributed by atoms with Gasteiger partial charge in [0.05, 0.1) is 10.6 Å². The van der Waals surface area contributed by atoms with Crippen molar-refractivity contribution in [2.24, 2.45) is 5.92 Å². The highest BCUT2D eigenvalue weighted by Gasteiger charge is 2.28. The molecule has 0 spiro atoms. The van der Waals surface area contributed by atoms with Crippen molar-refractivity contribution >= 4 is 34.9 Å². The van der Waals surface area contributed by atoms with E-state index in [0.29, 0.717) is 35.3 Å². The van der Waals surface area contributed by atoms with Crippen molar-refractivity contribution in [1.82, 2.24) is 10.2 Å². The number of hydrogen-bond acceptors (Lipinski definition) is 3. The standard InChI is InChI=1S/C24H31ClN4O2/c1-16(2)26-24(31)27-19-11-12-22(28(3)4)18(13-19)15-29(14-17-9-10-17)23(30)20-7-5-6-8-21(20)25/h5-8,11-13,16-17H,9-10,14-15H2,1-4H3,(H2,26,27,31). The summed E-state index contributed by atoms with van der Waals surface area (Å²) in [5, 5.41) is 6.17. The molecule has 6 nitrogen and oxygen atoms in total. The molecule has 0 atom stereocenters. The molecule has 0 aromatic heterocycles. The van der Waals surface area contributed by atoms with Gasteiger partial charge in [0.25, 0.3) is 5.91 Å². The molecule has 2 N–H and O–H groups in total. The Morgan fingerprint density at radius 1 is 1.13 bits per heavy atom. The zero-order valence-corrected chi connectivity index (χ0v) is 19.4. The summed E-state index contributed by atoms with van der Waals surface area (Å²) in [5.74, 6) is 0.463. The number of hydrogen-bond donors (Lipinski definition) is 2. The summed E-state index contributed by atoms with van der Waals surface area (Å²) in [7, 11) is 3.94. The normalized spacial score (nSPS) is 13.1. The van der Waals surface area contributed by atoms with Crippen LogP contribution in [0.5, 0.6) is 0 Å². The third kappa shape index (κ3) is 6.37. The lowest BCUT2D eigenvalue weighted by molar-refractivity contribution is 0.0735. The van der Waals surface area contributed by atoms with E-state index in [-0.39, 0.29) is 18.0 Å². The number of anilines is 2. The molecular weight excluding hydrogens is 412 g/mol. The maximum absolute atomic E-state index is 13.3. The fourth-order valence-corrected chi connectivity index (χ4v) is 3.71. The summed E-state index contributed by atoms with van der Waals surface area (Å²) in [6, 6.07) is 12.7.